The van der Waals surface area contributed by atoms with Crippen LogP contribution in [0.3, 0.4) is 0 Å². The zero-order chi connectivity index (χ0) is 13.1. The Morgan fingerprint density at radius 3 is 2.59 bits per heavy atom. The second-order valence-corrected chi connectivity index (χ2v) is 6.24. The molecule has 0 spiro atoms. The van der Waals surface area contributed by atoms with Gasteiger partial charge in [-0.15, -0.1) is 0 Å². The Bertz CT molecular complexity index is 524. The number of amides is 1. The third kappa shape index (κ3) is 4.44. The van der Waals surface area contributed by atoms with Crippen LogP contribution in [0.2, 0.25) is 0 Å². The number of benzene rings is 1. The fourth-order valence-corrected chi connectivity index (χ4v) is 1.81. The summed E-state index contributed by atoms with van der Waals surface area (Å²) in [5, 5.41) is 2.52. The molecule has 0 aliphatic heterocycles. The molecule has 0 radical (unpaired) electrons. The summed E-state index contributed by atoms with van der Waals surface area (Å²) in [5.74, 6) is -0.434. The fourth-order valence-electron chi connectivity index (χ4n) is 1.33. The zero-order valence-electron chi connectivity index (χ0n) is 9.86. The fraction of sp³-hybridized carbons (Fsp3) is 0.364. The van der Waals surface area contributed by atoms with Crippen LogP contribution in [0, 0.1) is 6.92 Å². The van der Waals surface area contributed by atoms with E-state index in [1.165, 1.54) is 0 Å². The van der Waals surface area contributed by atoms with Crippen LogP contribution >= 0.6 is 0 Å². The summed E-state index contributed by atoms with van der Waals surface area (Å²) in [6.45, 7) is 1.96. The van der Waals surface area contributed by atoms with Gasteiger partial charge in [-0.3, -0.25) is 4.79 Å². The molecule has 1 aromatic rings. The molecule has 0 bridgehead atoms. The molecule has 0 atom stereocenters. The minimum absolute atomic E-state index is 0.0789. The molecule has 94 valence electrons. The van der Waals surface area contributed by atoms with Gasteiger partial charge in [-0.2, -0.15) is 0 Å². The van der Waals surface area contributed by atoms with E-state index < -0.39 is 9.84 Å². The van der Waals surface area contributed by atoms with Crippen molar-refractivity contribution in [3.8, 4) is 0 Å². The highest BCUT2D eigenvalue weighted by Crippen LogP contribution is 2.13. The molecule has 0 unspecified atom stereocenters. The number of carbonyl (C=O) groups excluding carboxylic acids is 1. The normalized spacial score (nSPS) is 11.2. The monoisotopic (exact) mass is 256 g/mol. The third-order valence-corrected chi connectivity index (χ3v) is 3.16. The van der Waals surface area contributed by atoms with Gasteiger partial charge in [0.1, 0.15) is 9.84 Å². The van der Waals surface area contributed by atoms with Crippen LogP contribution in [0.1, 0.15) is 15.9 Å². The summed E-state index contributed by atoms with van der Waals surface area (Å²) in [6, 6.07) is 5.10. The van der Waals surface area contributed by atoms with E-state index in [0.29, 0.717) is 11.3 Å². The van der Waals surface area contributed by atoms with Gasteiger partial charge in [0.15, 0.2) is 0 Å². The molecule has 5 nitrogen and oxygen atoms in total. The number of nitrogen functional groups attached to an aromatic ring is 1. The van der Waals surface area contributed by atoms with Gasteiger partial charge < -0.3 is 11.1 Å². The highest BCUT2D eigenvalue weighted by atomic mass is 32.2. The highest BCUT2D eigenvalue weighted by molar-refractivity contribution is 7.90. The van der Waals surface area contributed by atoms with Gasteiger partial charge in [0.2, 0.25) is 0 Å². The van der Waals surface area contributed by atoms with Crippen molar-refractivity contribution >= 4 is 21.4 Å². The highest BCUT2D eigenvalue weighted by Gasteiger charge is 2.10. The summed E-state index contributed by atoms with van der Waals surface area (Å²) in [7, 11) is -3.06. The van der Waals surface area contributed by atoms with E-state index in [2.05, 4.69) is 5.32 Å². The van der Waals surface area contributed by atoms with Crippen molar-refractivity contribution in [1.82, 2.24) is 5.32 Å². The van der Waals surface area contributed by atoms with Crippen molar-refractivity contribution in [3.63, 3.8) is 0 Å². The second kappa shape index (κ2) is 5.18. The molecular formula is C11H16N2O3S. The maximum Gasteiger partial charge on any atom is 0.253 e. The molecule has 0 saturated carbocycles. The number of carbonyl (C=O) groups is 1. The molecule has 1 aromatic carbocycles. The van der Waals surface area contributed by atoms with Crippen LogP contribution in [0.4, 0.5) is 5.69 Å². The molecule has 0 aromatic heterocycles. The predicted molar refractivity (Wildman–Crippen MR) is 67.6 cm³/mol. The molecule has 6 heteroatoms. The number of anilines is 1. The molecule has 0 aliphatic carbocycles. The minimum atomic E-state index is -3.06. The Hall–Kier alpha value is -1.56. The van der Waals surface area contributed by atoms with Crippen LogP contribution < -0.4 is 11.1 Å². The number of aryl methyl sites for hydroxylation is 1. The smallest absolute Gasteiger partial charge is 0.253 e. The van der Waals surface area contributed by atoms with Gasteiger partial charge in [0.25, 0.3) is 5.91 Å². The molecular weight excluding hydrogens is 240 g/mol. The van der Waals surface area contributed by atoms with Crippen molar-refractivity contribution in [2.75, 3.05) is 24.3 Å². The first kappa shape index (κ1) is 13.5. The van der Waals surface area contributed by atoms with Gasteiger partial charge in [0.05, 0.1) is 11.3 Å². The predicted octanol–water partition coefficient (Wildman–Crippen LogP) is 0.352. The molecule has 0 fully saturated rings. The number of hydrogen-bond acceptors (Lipinski definition) is 4. The van der Waals surface area contributed by atoms with Gasteiger partial charge in [-0.1, -0.05) is 6.07 Å². The first-order chi connectivity index (χ1) is 7.79. The van der Waals surface area contributed by atoms with Crippen LogP contribution in [-0.2, 0) is 9.84 Å². The lowest BCUT2D eigenvalue weighted by atomic mass is 10.1. The summed E-state index contributed by atoms with van der Waals surface area (Å²) in [5.41, 5.74) is 7.42. The maximum atomic E-state index is 11.7. The second-order valence-electron chi connectivity index (χ2n) is 3.98. The van der Waals surface area contributed by atoms with Crippen molar-refractivity contribution in [3.05, 3.63) is 29.3 Å². The van der Waals surface area contributed by atoms with Crippen LogP contribution in [0.25, 0.3) is 0 Å². The molecule has 0 aliphatic rings. The molecule has 1 amide bonds. The van der Waals surface area contributed by atoms with E-state index in [1.54, 1.807) is 18.2 Å². The largest absolute Gasteiger partial charge is 0.398 e. The van der Waals surface area contributed by atoms with E-state index in [-0.39, 0.29) is 18.2 Å². The SMILES string of the molecule is Cc1ccc(C(=O)NCCS(C)(=O)=O)c(N)c1. The quantitative estimate of drug-likeness (QED) is 0.761. The summed E-state index contributed by atoms with van der Waals surface area (Å²) < 4.78 is 21.8. The van der Waals surface area contributed by atoms with Crippen molar-refractivity contribution in [2.24, 2.45) is 0 Å². The Morgan fingerprint density at radius 2 is 2.06 bits per heavy atom. The number of rotatable bonds is 4. The number of nitrogens with two attached hydrogens (primary N) is 1. The zero-order valence-corrected chi connectivity index (χ0v) is 10.7. The molecule has 17 heavy (non-hydrogen) atoms. The van der Waals surface area contributed by atoms with Gasteiger partial charge in [0, 0.05) is 18.5 Å². The molecule has 0 heterocycles. The topological polar surface area (TPSA) is 89.3 Å². The van der Waals surface area contributed by atoms with Crippen molar-refractivity contribution in [2.45, 2.75) is 6.92 Å². The van der Waals surface area contributed by atoms with Gasteiger partial charge in [-0.05, 0) is 24.6 Å². The first-order valence-electron chi connectivity index (χ1n) is 5.11. The van der Waals surface area contributed by atoms with E-state index in [4.69, 9.17) is 5.73 Å². The van der Waals surface area contributed by atoms with Crippen molar-refractivity contribution < 1.29 is 13.2 Å². The Labute approximate surface area is 101 Å². The first-order valence-corrected chi connectivity index (χ1v) is 7.18. The van der Waals surface area contributed by atoms with E-state index in [9.17, 15) is 13.2 Å². The van der Waals surface area contributed by atoms with Gasteiger partial charge in [-0.25, -0.2) is 8.42 Å². The number of hydrogen-bond donors (Lipinski definition) is 2. The Balaban J connectivity index is 2.65. The lowest BCUT2D eigenvalue weighted by Crippen LogP contribution is -2.29. The maximum absolute atomic E-state index is 11.7. The Morgan fingerprint density at radius 1 is 1.41 bits per heavy atom. The van der Waals surface area contributed by atoms with E-state index in [0.717, 1.165) is 11.8 Å². The lowest BCUT2D eigenvalue weighted by Gasteiger charge is -2.07. The molecule has 1 rings (SSSR count). The Kier molecular flexibility index (Phi) is 4.11. The average Bonchev–Trinajstić information content (AvgIpc) is 2.15. The summed E-state index contributed by atoms with van der Waals surface area (Å²) >= 11 is 0. The molecule has 0 saturated heterocycles. The average molecular weight is 256 g/mol. The van der Waals surface area contributed by atoms with Crippen LogP contribution in [0.5, 0.6) is 0 Å². The number of nitrogens with one attached hydrogen (secondary N) is 1. The van der Waals surface area contributed by atoms with Gasteiger partial charge >= 0.3 is 0 Å². The summed E-state index contributed by atoms with van der Waals surface area (Å²) in [6.07, 6.45) is 1.12. The lowest BCUT2D eigenvalue weighted by molar-refractivity contribution is 0.0957. The number of sulfone groups is 1. The minimum Gasteiger partial charge on any atom is -0.398 e. The van der Waals surface area contributed by atoms with Crippen molar-refractivity contribution in [1.29, 1.82) is 0 Å². The van der Waals surface area contributed by atoms with E-state index in [1.807, 2.05) is 6.92 Å². The van der Waals surface area contributed by atoms with Crippen LogP contribution in [-0.4, -0.2) is 32.9 Å². The van der Waals surface area contributed by atoms with Crippen LogP contribution in [0.15, 0.2) is 18.2 Å². The third-order valence-electron chi connectivity index (χ3n) is 2.21. The standard InChI is InChI=1S/C11H16N2O3S/c1-8-3-4-9(10(12)7-8)11(14)13-5-6-17(2,15)16/h3-4,7H,5-6,12H2,1-2H3,(H,13,14). The molecule has 3 N–H and O–H groups in total. The summed E-state index contributed by atoms with van der Waals surface area (Å²) in [4.78, 5) is 11.7. The van der Waals surface area contributed by atoms with E-state index >= 15 is 0 Å².